The van der Waals surface area contributed by atoms with Crippen LogP contribution in [0.25, 0.3) is 0 Å². The number of benzene rings is 1. The fourth-order valence-electron chi connectivity index (χ4n) is 2.70. The first-order valence-electron chi connectivity index (χ1n) is 7.22. The highest BCUT2D eigenvalue weighted by molar-refractivity contribution is 5.29. The molecule has 1 heterocycles. The van der Waals surface area contributed by atoms with E-state index in [0.29, 0.717) is 6.04 Å². The molecule has 1 unspecified atom stereocenters. The van der Waals surface area contributed by atoms with Crippen molar-refractivity contribution in [3.8, 4) is 0 Å². The van der Waals surface area contributed by atoms with Gasteiger partial charge in [0.2, 0.25) is 0 Å². The molecule has 1 saturated heterocycles. The van der Waals surface area contributed by atoms with Gasteiger partial charge in [0.1, 0.15) is 0 Å². The molecule has 0 bridgehead atoms. The molecule has 0 amide bonds. The van der Waals surface area contributed by atoms with Gasteiger partial charge in [0, 0.05) is 38.8 Å². The molecular weight excluding hydrogens is 234 g/mol. The first-order chi connectivity index (χ1) is 9.06. The van der Waals surface area contributed by atoms with E-state index in [-0.39, 0.29) is 0 Å². The second-order valence-electron chi connectivity index (χ2n) is 5.95. The summed E-state index contributed by atoms with van der Waals surface area (Å²) in [6.45, 7) is 9.90. The number of likely N-dealkylation sites (N-methyl/N-ethyl adjacent to an activating group) is 2. The number of piperazine rings is 1. The van der Waals surface area contributed by atoms with Crippen LogP contribution in [0.4, 0.5) is 0 Å². The van der Waals surface area contributed by atoms with E-state index in [2.05, 4.69) is 61.3 Å². The van der Waals surface area contributed by atoms with Crippen LogP contribution in [0.3, 0.4) is 0 Å². The maximum atomic E-state index is 3.48. The molecule has 106 valence electrons. The number of rotatable bonds is 4. The minimum absolute atomic E-state index is 0.630. The topological polar surface area (TPSA) is 18.5 Å². The van der Waals surface area contributed by atoms with Crippen LogP contribution in [-0.4, -0.2) is 56.1 Å². The van der Waals surface area contributed by atoms with Crippen LogP contribution >= 0.6 is 0 Å². The summed E-state index contributed by atoms with van der Waals surface area (Å²) in [5.74, 6) is 0. The van der Waals surface area contributed by atoms with Crippen LogP contribution in [0.15, 0.2) is 18.2 Å². The van der Waals surface area contributed by atoms with Crippen LogP contribution in [0.5, 0.6) is 0 Å². The Morgan fingerprint density at radius 2 is 2.11 bits per heavy atom. The molecule has 1 aromatic carbocycles. The van der Waals surface area contributed by atoms with Gasteiger partial charge in [-0.05, 0) is 44.6 Å². The molecule has 2 rings (SSSR count). The van der Waals surface area contributed by atoms with Gasteiger partial charge in [-0.3, -0.25) is 4.90 Å². The summed E-state index contributed by atoms with van der Waals surface area (Å²) < 4.78 is 0. The molecule has 0 spiro atoms. The minimum Gasteiger partial charge on any atom is -0.314 e. The van der Waals surface area contributed by atoms with Gasteiger partial charge in [-0.25, -0.2) is 0 Å². The zero-order valence-electron chi connectivity index (χ0n) is 12.7. The molecule has 0 radical (unpaired) electrons. The highest BCUT2D eigenvalue weighted by Crippen LogP contribution is 2.12. The lowest BCUT2D eigenvalue weighted by Gasteiger charge is -2.35. The van der Waals surface area contributed by atoms with Crippen molar-refractivity contribution >= 4 is 0 Å². The Labute approximate surface area is 117 Å². The average molecular weight is 261 g/mol. The van der Waals surface area contributed by atoms with Crippen molar-refractivity contribution in [3.05, 3.63) is 34.9 Å². The van der Waals surface area contributed by atoms with E-state index < -0.39 is 0 Å². The van der Waals surface area contributed by atoms with Crippen molar-refractivity contribution < 1.29 is 0 Å². The Balaban J connectivity index is 1.89. The van der Waals surface area contributed by atoms with E-state index in [1.807, 2.05) is 0 Å². The molecule has 1 aliphatic heterocycles. The quantitative estimate of drug-likeness (QED) is 0.889. The summed E-state index contributed by atoms with van der Waals surface area (Å²) >= 11 is 0. The lowest BCUT2D eigenvalue weighted by Crippen LogP contribution is -2.53. The predicted molar refractivity (Wildman–Crippen MR) is 81.5 cm³/mol. The van der Waals surface area contributed by atoms with Gasteiger partial charge < -0.3 is 10.2 Å². The first-order valence-corrected chi connectivity index (χ1v) is 7.22. The van der Waals surface area contributed by atoms with Gasteiger partial charge in [-0.15, -0.1) is 0 Å². The lowest BCUT2D eigenvalue weighted by molar-refractivity contribution is 0.150. The highest BCUT2D eigenvalue weighted by atomic mass is 15.2. The zero-order chi connectivity index (χ0) is 13.8. The maximum Gasteiger partial charge on any atom is 0.0345 e. The van der Waals surface area contributed by atoms with Crippen molar-refractivity contribution in [2.75, 3.05) is 40.3 Å². The van der Waals surface area contributed by atoms with Crippen LogP contribution in [-0.2, 0) is 6.54 Å². The van der Waals surface area contributed by atoms with Gasteiger partial charge in [-0.1, -0.05) is 18.2 Å². The van der Waals surface area contributed by atoms with Crippen molar-refractivity contribution in [3.63, 3.8) is 0 Å². The van der Waals surface area contributed by atoms with E-state index in [4.69, 9.17) is 0 Å². The molecule has 19 heavy (non-hydrogen) atoms. The molecule has 1 atom stereocenters. The van der Waals surface area contributed by atoms with Gasteiger partial charge in [0.25, 0.3) is 0 Å². The third-order valence-electron chi connectivity index (χ3n) is 4.19. The third kappa shape index (κ3) is 4.03. The molecule has 0 saturated carbocycles. The molecule has 0 aromatic heterocycles. The highest BCUT2D eigenvalue weighted by Gasteiger charge is 2.19. The normalized spacial score (nSPS) is 21.0. The SMILES string of the molecule is Cc1ccc(CN(C)CC2CNCCN2C)cc1C. The van der Waals surface area contributed by atoms with Crippen molar-refractivity contribution in [2.24, 2.45) is 0 Å². The van der Waals surface area contributed by atoms with E-state index in [9.17, 15) is 0 Å². The number of aryl methyl sites for hydroxylation is 2. The van der Waals surface area contributed by atoms with Crippen LogP contribution in [0.1, 0.15) is 16.7 Å². The molecule has 1 fully saturated rings. The van der Waals surface area contributed by atoms with E-state index in [1.54, 1.807) is 0 Å². The number of hydrogen-bond acceptors (Lipinski definition) is 3. The Morgan fingerprint density at radius 3 is 2.79 bits per heavy atom. The Kier molecular flexibility index (Phi) is 4.97. The van der Waals surface area contributed by atoms with Crippen molar-refractivity contribution in [1.29, 1.82) is 0 Å². The lowest BCUT2D eigenvalue weighted by atomic mass is 10.1. The van der Waals surface area contributed by atoms with Gasteiger partial charge in [0.15, 0.2) is 0 Å². The van der Waals surface area contributed by atoms with Crippen LogP contribution in [0, 0.1) is 13.8 Å². The fraction of sp³-hybridized carbons (Fsp3) is 0.625. The standard InChI is InChI=1S/C16H27N3/c1-13-5-6-15(9-14(13)2)11-18(3)12-16-10-17-7-8-19(16)4/h5-6,9,16-17H,7-8,10-12H2,1-4H3. The predicted octanol–water partition coefficient (Wildman–Crippen LogP) is 1.64. The Bertz CT molecular complexity index is 416. The molecular formula is C16H27N3. The molecule has 3 nitrogen and oxygen atoms in total. The van der Waals surface area contributed by atoms with E-state index in [1.165, 1.54) is 16.7 Å². The second-order valence-corrected chi connectivity index (χ2v) is 5.95. The number of hydrogen-bond donors (Lipinski definition) is 1. The fourth-order valence-corrected chi connectivity index (χ4v) is 2.70. The largest absolute Gasteiger partial charge is 0.314 e. The van der Waals surface area contributed by atoms with Gasteiger partial charge >= 0.3 is 0 Å². The first kappa shape index (κ1) is 14.5. The Morgan fingerprint density at radius 1 is 1.32 bits per heavy atom. The number of nitrogens with one attached hydrogen (secondary N) is 1. The summed E-state index contributed by atoms with van der Waals surface area (Å²) in [7, 11) is 4.45. The summed E-state index contributed by atoms with van der Waals surface area (Å²) in [5, 5.41) is 3.48. The number of nitrogens with zero attached hydrogens (tertiary/aromatic N) is 2. The average Bonchev–Trinajstić information content (AvgIpc) is 2.37. The van der Waals surface area contributed by atoms with Crippen molar-refractivity contribution in [1.82, 2.24) is 15.1 Å². The van der Waals surface area contributed by atoms with Crippen LogP contribution in [0.2, 0.25) is 0 Å². The molecule has 0 aliphatic carbocycles. The Hall–Kier alpha value is -0.900. The molecule has 1 aromatic rings. The monoisotopic (exact) mass is 261 g/mol. The maximum absolute atomic E-state index is 3.48. The second kappa shape index (κ2) is 6.51. The smallest absolute Gasteiger partial charge is 0.0345 e. The van der Waals surface area contributed by atoms with Gasteiger partial charge in [0.05, 0.1) is 0 Å². The zero-order valence-corrected chi connectivity index (χ0v) is 12.7. The van der Waals surface area contributed by atoms with Gasteiger partial charge in [-0.2, -0.15) is 0 Å². The molecule has 3 heteroatoms. The summed E-state index contributed by atoms with van der Waals surface area (Å²) in [6.07, 6.45) is 0. The molecule has 1 N–H and O–H groups in total. The minimum atomic E-state index is 0.630. The molecule has 1 aliphatic rings. The summed E-state index contributed by atoms with van der Waals surface area (Å²) in [6, 6.07) is 7.42. The van der Waals surface area contributed by atoms with E-state index in [0.717, 1.165) is 32.7 Å². The van der Waals surface area contributed by atoms with Crippen molar-refractivity contribution in [2.45, 2.75) is 26.4 Å². The summed E-state index contributed by atoms with van der Waals surface area (Å²) in [4.78, 5) is 4.89. The van der Waals surface area contributed by atoms with Crippen LogP contribution < -0.4 is 5.32 Å². The van der Waals surface area contributed by atoms with E-state index >= 15 is 0 Å². The summed E-state index contributed by atoms with van der Waals surface area (Å²) in [5.41, 5.74) is 4.18. The third-order valence-corrected chi connectivity index (χ3v) is 4.19.